The van der Waals surface area contributed by atoms with Gasteiger partial charge in [-0.3, -0.25) is 0 Å². The molecule has 0 aliphatic carbocycles. The number of benzene rings is 1. The molecule has 1 aliphatic heterocycles. The van der Waals surface area contributed by atoms with E-state index in [9.17, 15) is 5.11 Å². The zero-order valence-corrected chi connectivity index (χ0v) is 12.1. The van der Waals surface area contributed by atoms with E-state index in [1.54, 1.807) is 0 Å². The third-order valence-corrected chi connectivity index (χ3v) is 3.95. The molecule has 20 heavy (non-hydrogen) atoms. The lowest BCUT2D eigenvalue weighted by Gasteiger charge is -2.30. The van der Waals surface area contributed by atoms with E-state index >= 15 is 0 Å². The van der Waals surface area contributed by atoms with Crippen molar-refractivity contribution in [3.8, 4) is 11.5 Å². The van der Waals surface area contributed by atoms with Crippen molar-refractivity contribution in [2.75, 3.05) is 19.9 Å². The topological polar surface area (TPSA) is 71.0 Å². The van der Waals surface area contributed by atoms with Gasteiger partial charge in [0.05, 0.1) is 6.10 Å². The van der Waals surface area contributed by atoms with Crippen LogP contribution in [0.5, 0.6) is 11.5 Å². The van der Waals surface area contributed by atoms with Gasteiger partial charge in [-0.05, 0) is 37.5 Å². The first-order valence-corrected chi connectivity index (χ1v) is 7.01. The normalized spacial score (nSPS) is 17.8. The molecule has 2 atom stereocenters. The van der Waals surface area contributed by atoms with Gasteiger partial charge in [-0.1, -0.05) is 13.0 Å². The molecule has 1 aromatic carbocycles. The Hall–Kier alpha value is -1.30. The molecule has 0 bridgehead atoms. The van der Waals surface area contributed by atoms with Crippen molar-refractivity contribution in [3.05, 3.63) is 23.8 Å². The number of aliphatic hydroxyl groups excluding tert-OH is 2. The molecule has 1 aliphatic rings. The number of rotatable bonds is 7. The van der Waals surface area contributed by atoms with Crippen LogP contribution in [0.25, 0.3) is 0 Å². The van der Waals surface area contributed by atoms with E-state index in [-0.39, 0.29) is 18.9 Å². The molecule has 2 rings (SSSR count). The molecule has 0 amide bonds. The summed E-state index contributed by atoms with van der Waals surface area (Å²) in [6, 6.07) is 5.47. The Labute approximate surface area is 119 Å². The first kappa shape index (κ1) is 15.1. The second-order valence-electron chi connectivity index (χ2n) is 5.40. The van der Waals surface area contributed by atoms with Gasteiger partial charge in [0.1, 0.15) is 0 Å². The molecule has 1 heterocycles. The van der Waals surface area contributed by atoms with E-state index in [1.807, 2.05) is 18.2 Å². The highest BCUT2D eigenvalue weighted by atomic mass is 16.7. The van der Waals surface area contributed by atoms with Crippen molar-refractivity contribution in [2.24, 2.45) is 0 Å². The molecule has 5 nitrogen and oxygen atoms in total. The summed E-state index contributed by atoms with van der Waals surface area (Å²) in [5.41, 5.74) is 0.635. The highest BCUT2D eigenvalue weighted by Gasteiger charge is 2.23. The number of aliphatic hydroxyl groups is 2. The van der Waals surface area contributed by atoms with Crippen molar-refractivity contribution in [1.82, 2.24) is 5.32 Å². The van der Waals surface area contributed by atoms with E-state index in [0.29, 0.717) is 24.5 Å². The molecular formula is C15H23NO4. The summed E-state index contributed by atoms with van der Waals surface area (Å²) in [4.78, 5) is 0. The van der Waals surface area contributed by atoms with Crippen LogP contribution in [0.1, 0.15) is 38.4 Å². The highest BCUT2D eigenvalue weighted by Crippen LogP contribution is 2.34. The Kier molecular flexibility index (Phi) is 4.86. The fourth-order valence-corrected chi connectivity index (χ4v) is 2.22. The largest absolute Gasteiger partial charge is 0.454 e. The molecule has 0 aromatic heterocycles. The van der Waals surface area contributed by atoms with Crippen LogP contribution in [0, 0.1) is 0 Å². The molecule has 112 valence electrons. The second-order valence-corrected chi connectivity index (χ2v) is 5.40. The second kappa shape index (κ2) is 6.43. The average molecular weight is 281 g/mol. The number of hydrogen-bond acceptors (Lipinski definition) is 5. The van der Waals surface area contributed by atoms with E-state index in [2.05, 4.69) is 19.2 Å². The summed E-state index contributed by atoms with van der Waals surface area (Å²) in [7, 11) is 0. The maximum Gasteiger partial charge on any atom is 0.231 e. The lowest BCUT2D eigenvalue weighted by atomic mass is 9.94. The summed E-state index contributed by atoms with van der Waals surface area (Å²) in [5.74, 6) is 1.39. The molecule has 0 saturated carbocycles. The average Bonchev–Trinajstić information content (AvgIpc) is 2.92. The zero-order valence-electron chi connectivity index (χ0n) is 12.1. The Morgan fingerprint density at radius 3 is 2.80 bits per heavy atom. The van der Waals surface area contributed by atoms with Gasteiger partial charge >= 0.3 is 0 Å². The predicted molar refractivity (Wildman–Crippen MR) is 75.9 cm³/mol. The van der Waals surface area contributed by atoms with Gasteiger partial charge in [-0.2, -0.15) is 0 Å². The Balaban J connectivity index is 1.96. The molecule has 0 fully saturated rings. The van der Waals surface area contributed by atoms with Crippen molar-refractivity contribution in [2.45, 2.75) is 38.3 Å². The SMILES string of the molecule is CCC(C)(CCO)NCC(O)c1ccc2c(c1)OCO2. The molecule has 1 aromatic rings. The summed E-state index contributed by atoms with van der Waals surface area (Å²) in [6.45, 7) is 4.92. The van der Waals surface area contributed by atoms with Crippen LogP contribution >= 0.6 is 0 Å². The summed E-state index contributed by atoms with van der Waals surface area (Å²) in [5, 5.41) is 22.7. The minimum absolute atomic E-state index is 0.136. The van der Waals surface area contributed by atoms with E-state index in [4.69, 9.17) is 14.6 Å². The first-order chi connectivity index (χ1) is 9.58. The monoisotopic (exact) mass is 281 g/mol. The number of nitrogens with one attached hydrogen (secondary N) is 1. The van der Waals surface area contributed by atoms with Gasteiger partial charge < -0.3 is 25.0 Å². The van der Waals surface area contributed by atoms with Gasteiger partial charge in [0.15, 0.2) is 11.5 Å². The summed E-state index contributed by atoms with van der Waals surface area (Å²) in [6.07, 6.45) is 0.938. The fourth-order valence-electron chi connectivity index (χ4n) is 2.22. The lowest BCUT2D eigenvalue weighted by Crippen LogP contribution is -2.44. The number of β-amino-alcohol motifs (C(OH)–C–C–N with tert-alkyl or cyclic N) is 1. The molecule has 5 heteroatoms. The third kappa shape index (κ3) is 3.42. The van der Waals surface area contributed by atoms with E-state index in [0.717, 1.165) is 12.0 Å². The van der Waals surface area contributed by atoms with Gasteiger partial charge in [0.25, 0.3) is 0 Å². The Bertz CT molecular complexity index is 451. The smallest absolute Gasteiger partial charge is 0.231 e. The van der Waals surface area contributed by atoms with Crippen molar-refractivity contribution in [1.29, 1.82) is 0 Å². The Morgan fingerprint density at radius 2 is 2.10 bits per heavy atom. The molecular weight excluding hydrogens is 258 g/mol. The van der Waals surface area contributed by atoms with Gasteiger partial charge in [0, 0.05) is 18.7 Å². The van der Waals surface area contributed by atoms with Gasteiger partial charge in [-0.25, -0.2) is 0 Å². The van der Waals surface area contributed by atoms with Crippen LogP contribution < -0.4 is 14.8 Å². The van der Waals surface area contributed by atoms with Crippen molar-refractivity contribution < 1.29 is 19.7 Å². The van der Waals surface area contributed by atoms with Crippen LogP contribution in [0.2, 0.25) is 0 Å². The van der Waals surface area contributed by atoms with Gasteiger partial charge in [-0.15, -0.1) is 0 Å². The third-order valence-electron chi connectivity index (χ3n) is 3.95. The standard InChI is InChI=1S/C15H23NO4/c1-3-15(2,6-7-17)16-9-12(18)11-4-5-13-14(8-11)20-10-19-13/h4-5,8,12,16-18H,3,6-7,9-10H2,1-2H3. The highest BCUT2D eigenvalue weighted by molar-refractivity contribution is 5.45. The molecule has 0 radical (unpaired) electrons. The summed E-state index contributed by atoms with van der Waals surface area (Å²) >= 11 is 0. The molecule has 2 unspecified atom stereocenters. The minimum Gasteiger partial charge on any atom is -0.454 e. The van der Waals surface area contributed by atoms with Crippen LogP contribution in [-0.4, -0.2) is 35.7 Å². The number of ether oxygens (including phenoxy) is 2. The fraction of sp³-hybridized carbons (Fsp3) is 0.600. The quantitative estimate of drug-likeness (QED) is 0.708. The minimum atomic E-state index is -0.617. The van der Waals surface area contributed by atoms with E-state index < -0.39 is 6.10 Å². The first-order valence-electron chi connectivity index (χ1n) is 7.01. The molecule has 0 saturated heterocycles. The predicted octanol–water partition coefficient (Wildman–Crippen LogP) is 1.59. The summed E-state index contributed by atoms with van der Waals surface area (Å²) < 4.78 is 10.6. The van der Waals surface area contributed by atoms with Crippen LogP contribution in [0.15, 0.2) is 18.2 Å². The van der Waals surface area contributed by atoms with E-state index in [1.165, 1.54) is 0 Å². The van der Waals surface area contributed by atoms with Crippen LogP contribution in [0.4, 0.5) is 0 Å². The molecule has 3 N–H and O–H groups in total. The number of fused-ring (bicyclic) bond motifs is 1. The molecule has 0 spiro atoms. The zero-order chi connectivity index (χ0) is 14.6. The maximum atomic E-state index is 10.3. The Morgan fingerprint density at radius 1 is 1.35 bits per heavy atom. The lowest BCUT2D eigenvalue weighted by molar-refractivity contribution is 0.145. The van der Waals surface area contributed by atoms with Crippen LogP contribution in [0.3, 0.4) is 0 Å². The van der Waals surface area contributed by atoms with Crippen molar-refractivity contribution >= 4 is 0 Å². The number of hydrogen-bond donors (Lipinski definition) is 3. The maximum absolute atomic E-state index is 10.3. The van der Waals surface area contributed by atoms with Crippen LogP contribution in [-0.2, 0) is 0 Å². The van der Waals surface area contributed by atoms with Gasteiger partial charge in [0.2, 0.25) is 6.79 Å². The van der Waals surface area contributed by atoms with Crippen molar-refractivity contribution in [3.63, 3.8) is 0 Å².